The number of nitrogen functional groups attached to an aromatic ring is 1. The molecule has 1 aromatic heterocycles. The van der Waals surface area contributed by atoms with Crippen LogP contribution in [0.15, 0.2) is 0 Å². The van der Waals surface area contributed by atoms with Crippen molar-refractivity contribution in [1.82, 2.24) is 9.55 Å². The van der Waals surface area contributed by atoms with Crippen molar-refractivity contribution in [3.8, 4) is 0 Å². The van der Waals surface area contributed by atoms with Crippen LogP contribution in [-0.2, 0) is 13.5 Å². The van der Waals surface area contributed by atoms with Crippen molar-refractivity contribution in [1.29, 1.82) is 0 Å². The van der Waals surface area contributed by atoms with Gasteiger partial charge in [0.25, 0.3) is 0 Å². The summed E-state index contributed by atoms with van der Waals surface area (Å²) in [6.45, 7) is 6.40. The van der Waals surface area contributed by atoms with E-state index in [2.05, 4.69) is 25.1 Å². The average molecular weight is 213 g/mol. The number of thioether (sulfide) groups is 1. The van der Waals surface area contributed by atoms with Gasteiger partial charge in [0.15, 0.2) is 0 Å². The molecule has 0 aliphatic heterocycles. The minimum Gasteiger partial charge on any atom is -0.384 e. The molecule has 1 aromatic rings. The molecule has 0 radical (unpaired) electrons. The van der Waals surface area contributed by atoms with E-state index in [1.807, 2.05) is 30.3 Å². The van der Waals surface area contributed by atoms with Gasteiger partial charge in [-0.3, -0.25) is 0 Å². The summed E-state index contributed by atoms with van der Waals surface area (Å²) < 4.78 is 2.14. The number of nitrogens with two attached hydrogens (primary N) is 1. The van der Waals surface area contributed by atoms with Crippen molar-refractivity contribution < 1.29 is 0 Å². The summed E-state index contributed by atoms with van der Waals surface area (Å²) in [7, 11) is 1.95. The number of aryl methyl sites for hydroxylation is 1. The van der Waals surface area contributed by atoms with Gasteiger partial charge >= 0.3 is 0 Å². The van der Waals surface area contributed by atoms with Crippen LogP contribution in [0.25, 0.3) is 0 Å². The first kappa shape index (κ1) is 11.4. The van der Waals surface area contributed by atoms with Crippen LogP contribution in [0.2, 0.25) is 0 Å². The first-order chi connectivity index (χ1) is 6.37. The molecule has 0 bridgehead atoms. The first-order valence-corrected chi connectivity index (χ1v) is 5.92. The molecular weight excluding hydrogens is 194 g/mol. The molecule has 4 heteroatoms. The molecule has 0 fully saturated rings. The number of nitrogens with zero attached hydrogens (tertiary/aromatic N) is 2. The van der Waals surface area contributed by atoms with Gasteiger partial charge in [-0.05, 0) is 13.2 Å². The van der Waals surface area contributed by atoms with Gasteiger partial charge in [0.05, 0.1) is 5.69 Å². The second-order valence-electron chi connectivity index (χ2n) is 4.19. The van der Waals surface area contributed by atoms with Crippen molar-refractivity contribution in [2.75, 3.05) is 12.0 Å². The SMILES string of the molecule is CSC(C)(C)Cc1nc(C)n(C)c1N. The third-order valence-electron chi connectivity index (χ3n) is 2.58. The normalized spacial score (nSPS) is 12.1. The predicted molar refractivity (Wildman–Crippen MR) is 63.7 cm³/mol. The Hall–Kier alpha value is -0.640. The Morgan fingerprint density at radius 2 is 2.07 bits per heavy atom. The molecule has 1 heterocycles. The van der Waals surface area contributed by atoms with Gasteiger partial charge < -0.3 is 10.3 Å². The largest absolute Gasteiger partial charge is 0.384 e. The van der Waals surface area contributed by atoms with Crippen LogP contribution in [0.5, 0.6) is 0 Å². The van der Waals surface area contributed by atoms with Gasteiger partial charge in [-0.1, -0.05) is 13.8 Å². The number of imidazole rings is 1. The Balaban J connectivity index is 2.93. The van der Waals surface area contributed by atoms with Crippen molar-refractivity contribution >= 4 is 17.6 Å². The maximum atomic E-state index is 5.96. The molecule has 1 rings (SSSR count). The van der Waals surface area contributed by atoms with Crippen molar-refractivity contribution in [2.24, 2.45) is 7.05 Å². The lowest BCUT2D eigenvalue weighted by molar-refractivity contribution is 0.698. The molecule has 0 spiro atoms. The Bertz CT molecular complexity index is 328. The molecule has 0 saturated carbocycles. The van der Waals surface area contributed by atoms with Crippen LogP contribution < -0.4 is 5.73 Å². The van der Waals surface area contributed by atoms with Gasteiger partial charge in [0.2, 0.25) is 0 Å². The molecule has 0 unspecified atom stereocenters. The molecule has 0 atom stereocenters. The molecule has 0 saturated heterocycles. The summed E-state index contributed by atoms with van der Waals surface area (Å²) in [5.41, 5.74) is 6.97. The van der Waals surface area contributed by atoms with Crippen molar-refractivity contribution in [2.45, 2.75) is 31.9 Å². The number of aromatic nitrogens is 2. The summed E-state index contributed by atoms with van der Waals surface area (Å²) in [6, 6.07) is 0. The van der Waals surface area contributed by atoms with Crippen molar-refractivity contribution in [3.05, 3.63) is 11.5 Å². The molecule has 0 aromatic carbocycles. The number of hydrogen-bond donors (Lipinski definition) is 1. The van der Waals surface area contributed by atoms with E-state index < -0.39 is 0 Å². The van der Waals surface area contributed by atoms with Gasteiger partial charge in [-0.15, -0.1) is 0 Å². The minimum absolute atomic E-state index is 0.203. The maximum absolute atomic E-state index is 5.96. The van der Waals surface area contributed by atoms with E-state index in [1.54, 1.807) is 0 Å². The Labute approximate surface area is 90.1 Å². The van der Waals surface area contributed by atoms with Crippen LogP contribution >= 0.6 is 11.8 Å². The zero-order chi connectivity index (χ0) is 10.9. The molecule has 0 aliphatic rings. The van der Waals surface area contributed by atoms with Gasteiger partial charge in [0.1, 0.15) is 11.6 Å². The highest BCUT2D eigenvalue weighted by molar-refractivity contribution is 7.99. The maximum Gasteiger partial charge on any atom is 0.126 e. The third-order valence-corrected chi connectivity index (χ3v) is 3.83. The zero-order valence-electron chi connectivity index (χ0n) is 9.59. The summed E-state index contributed by atoms with van der Waals surface area (Å²) in [4.78, 5) is 4.47. The topological polar surface area (TPSA) is 43.8 Å². The highest BCUT2D eigenvalue weighted by Gasteiger charge is 2.21. The van der Waals surface area contributed by atoms with Gasteiger partial charge in [-0.25, -0.2) is 4.98 Å². The zero-order valence-corrected chi connectivity index (χ0v) is 10.4. The fraction of sp³-hybridized carbons (Fsp3) is 0.700. The fourth-order valence-corrected chi connectivity index (χ4v) is 1.58. The molecule has 2 N–H and O–H groups in total. The molecular formula is C10H19N3S. The van der Waals surface area contributed by atoms with Crippen LogP contribution in [0.1, 0.15) is 25.4 Å². The molecule has 14 heavy (non-hydrogen) atoms. The number of anilines is 1. The Morgan fingerprint density at radius 1 is 1.50 bits per heavy atom. The van der Waals surface area contributed by atoms with E-state index >= 15 is 0 Å². The summed E-state index contributed by atoms with van der Waals surface area (Å²) in [5.74, 6) is 1.78. The average Bonchev–Trinajstić information content (AvgIpc) is 2.33. The highest BCUT2D eigenvalue weighted by Crippen LogP contribution is 2.27. The molecule has 0 aliphatic carbocycles. The second kappa shape index (κ2) is 3.85. The minimum atomic E-state index is 0.203. The molecule has 3 nitrogen and oxygen atoms in total. The number of hydrogen-bond acceptors (Lipinski definition) is 3. The second-order valence-corrected chi connectivity index (χ2v) is 5.70. The van der Waals surface area contributed by atoms with Gasteiger partial charge in [0, 0.05) is 18.2 Å². The standard InChI is InChI=1S/C10H19N3S/c1-7-12-8(9(11)13(7)4)6-10(2,3)14-5/h6,11H2,1-5H3. The van der Waals surface area contributed by atoms with Crippen molar-refractivity contribution in [3.63, 3.8) is 0 Å². The third kappa shape index (κ3) is 2.23. The van der Waals surface area contributed by atoms with E-state index in [9.17, 15) is 0 Å². The lowest BCUT2D eigenvalue weighted by Crippen LogP contribution is -2.18. The van der Waals surface area contributed by atoms with Gasteiger partial charge in [-0.2, -0.15) is 11.8 Å². The van der Waals surface area contributed by atoms with Crippen LogP contribution in [0.4, 0.5) is 5.82 Å². The highest BCUT2D eigenvalue weighted by atomic mass is 32.2. The number of rotatable bonds is 3. The van der Waals surface area contributed by atoms with Crippen LogP contribution in [0.3, 0.4) is 0 Å². The predicted octanol–water partition coefficient (Wildman–Crippen LogP) is 1.99. The van der Waals surface area contributed by atoms with Crippen LogP contribution in [0, 0.1) is 6.92 Å². The summed E-state index contributed by atoms with van der Waals surface area (Å²) >= 11 is 1.84. The molecule has 0 amide bonds. The lowest BCUT2D eigenvalue weighted by atomic mass is 10.1. The lowest BCUT2D eigenvalue weighted by Gasteiger charge is -2.20. The van der Waals surface area contributed by atoms with E-state index in [1.165, 1.54) is 0 Å². The first-order valence-electron chi connectivity index (χ1n) is 4.70. The Morgan fingerprint density at radius 3 is 2.43 bits per heavy atom. The van der Waals surface area contributed by atoms with E-state index in [0.29, 0.717) is 0 Å². The summed E-state index contributed by atoms with van der Waals surface area (Å²) in [5, 5.41) is 0. The quantitative estimate of drug-likeness (QED) is 0.835. The smallest absolute Gasteiger partial charge is 0.126 e. The monoisotopic (exact) mass is 213 g/mol. The van der Waals surface area contributed by atoms with Crippen LogP contribution in [-0.4, -0.2) is 20.6 Å². The fourth-order valence-electron chi connectivity index (χ4n) is 1.30. The van der Waals surface area contributed by atoms with E-state index in [-0.39, 0.29) is 4.75 Å². The van der Waals surface area contributed by atoms with E-state index in [4.69, 9.17) is 5.73 Å². The Kier molecular flexibility index (Phi) is 3.14. The molecule has 80 valence electrons. The summed E-state index contributed by atoms with van der Waals surface area (Å²) in [6.07, 6.45) is 3.04. The van der Waals surface area contributed by atoms with E-state index in [0.717, 1.165) is 23.8 Å².